The molecule has 2 aromatic rings. The van der Waals surface area contributed by atoms with Gasteiger partial charge in [-0.1, -0.05) is 0 Å². The molecule has 3 rings (SSSR count). The maximum atomic E-state index is 4.57. The number of aromatic nitrogens is 3. The number of rotatable bonds is 2. The highest BCUT2D eigenvalue weighted by molar-refractivity contribution is 9.10. The van der Waals surface area contributed by atoms with Crippen molar-refractivity contribution in [2.45, 2.75) is 19.3 Å². The standard InChI is InChI=1S/C12H14BrN3S/c13-10-3-4-12-14-11(15-16(12)7-10)6-9-2-1-5-17-8-9/h3-4,7,9H,1-2,5-6,8H2. The van der Waals surface area contributed by atoms with Gasteiger partial charge >= 0.3 is 0 Å². The first-order valence-electron chi connectivity index (χ1n) is 5.90. The third kappa shape index (κ3) is 2.65. The fourth-order valence-electron chi connectivity index (χ4n) is 2.22. The number of nitrogens with zero attached hydrogens (tertiary/aromatic N) is 3. The third-order valence-electron chi connectivity index (χ3n) is 3.06. The van der Waals surface area contributed by atoms with Crippen molar-refractivity contribution in [2.75, 3.05) is 11.5 Å². The summed E-state index contributed by atoms with van der Waals surface area (Å²) >= 11 is 5.51. The number of hydrogen-bond acceptors (Lipinski definition) is 3. The van der Waals surface area contributed by atoms with E-state index >= 15 is 0 Å². The van der Waals surface area contributed by atoms with Crippen LogP contribution < -0.4 is 0 Å². The average Bonchev–Trinajstić information content (AvgIpc) is 2.71. The van der Waals surface area contributed by atoms with Crippen molar-refractivity contribution in [1.82, 2.24) is 14.6 Å². The third-order valence-corrected chi connectivity index (χ3v) is 4.82. The monoisotopic (exact) mass is 311 g/mol. The fourth-order valence-corrected chi connectivity index (χ4v) is 3.70. The summed E-state index contributed by atoms with van der Waals surface area (Å²) in [6, 6.07) is 4.00. The molecule has 0 spiro atoms. The van der Waals surface area contributed by atoms with Crippen molar-refractivity contribution >= 4 is 33.3 Å². The molecule has 90 valence electrons. The first-order chi connectivity index (χ1) is 8.31. The van der Waals surface area contributed by atoms with Gasteiger partial charge in [-0.25, -0.2) is 9.50 Å². The summed E-state index contributed by atoms with van der Waals surface area (Å²) in [7, 11) is 0. The van der Waals surface area contributed by atoms with Crippen LogP contribution in [0, 0.1) is 5.92 Å². The molecule has 3 nitrogen and oxygen atoms in total. The fraction of sp³-hybridized carbons (Fsp3) is 0.500. The highest BCUT2D eigenvalue weighted by Gasteiger charge is 2.16. The summed E-state index contributed by atoms with van der Waals surface area (Å²) < 4.78 is 2.89. The molecule has 0 N–H and O–H groups in total. The lowest BCUT2D eigenvalue weighted by molar-refractivity contribution is 0.508. The van der Waals surface area contributed by atoms with Gasteiger partial charge in [0.2, 0.25) is 0 Å². The van der Waals surface area contributed by atoms with Crippen LogP contribution in [0.5, 0.6) is 0 Å². The highest BCUT2D eigenvalue weighted by Crippen LogP contribution is 2.25. The lowest BCUT2D eigenvalue weighted by Crippen LogP contribution is -2.13. The predicted octanol–water partition coefficient (Wildman–Crippen LogP) is 3.18. The van der Waals surface area contributed by atoms with Crippen LogP contribution in [0.25, 0.3) is 5.65 Å². The zero-order valence-corrected chi connectivity index (χ0v) is 11.9. The maximum absolute atomic E-state index is 4.57. The van der Waals surface area contributed by atoms with Crippen molar-refractivity contribution in [3.8, 4) is 0 Å². The van der Waals surface area contributed by atoms with Crippen molar-refractivity contribution in [1.29, 1.82) is 0 Å². The summed E-state index contributed by atoms with van der Waals surface area (Å²) in [4.78, 5) is 4.57. The molecule has 1 fully saturated rings. The van der Waals surface area contributed by atoms with E-state index < -0.39 is 0 Å². The van der Waals surface area contributed by atoms with Crippen molar-refractivity contribution in [2.24, 2.45) is 5.92 Å². The minimum atomic E-state index is 0.759. The van der Waals surface area contributed by atoms with Gasteiger partial charge < -0.3 is 0 Å². The SMILES string of the molecule is Brc1ccc2nc(CC3CCCSC3)nn2c1. The largest absolute Gasteiger partial charge is 0.220 e. The Balaban J connectivity index is 1.80. The van der Waals surface area contributed by atoms with Gasteiger partial charge in [0, 0.05) is 17.1 Å². The molecule has 1 atom stereocenters. The van der Waals surface area contributed by atoms with E-state index in [0.717, 1.165) is 28.3 Å². The van der Waals surface area contributed by atoms with E-state index in [1.807, 2.05) is 22.8 Å². The average molecular weight is 312 g/mol. The van der Waals surface area contributed by atoms with E-state index in [1.54, 1.807) is 0 Å². The molecule has 0 saturated carbocycles. The van der Waals surface area contributed by atoms with Gasteiger partial charge in [0.05, 0.1) is 0 Å². The molecule has 2 aromatic heterocycles. The molecule has 0 aliphatic carbocycles. The molecule has 1 aliphatic rings. The molecule has 1 aliphatic heterocycles. The van der Waals surface area contributed by atoms with Gasteiger partial charge in [-0.2, -0.15) is 16.9 Å². The summed E-state index contributed by atoms with van der Waals surface area (Å²) in [6.07, 6.45) is 5.65. The maximum Gasteiger partial charge on any atom is 0.155 e. The molecule has 0 aromatic carbocycles. The number of halogens is 1. The first-order valence-corrected chi connectivity index (χ1v) is 7.84. The van der Waals surface area contributed by atoms with Crippen LogP contribution in [0.4, 0.5) is 0 Å². The topological polar surface area (TPSA) is 30.2 Å². The van der Waals surface area contributed by atoms with Gasteiger partial charge in [0.25, 0.3) is 0 Å². The van der Waals surface area contributed by atoms with Crippen molar-refractivity contribution < 1.29 is 0 Å². The van der Waals surface area contributed by atoms with E-state index in [9.17, 15) is 0 Å². The number of pyridine rings is 1. The van der Waals surface area contributed by atoms with Gasteiger partial charge in [-0.15, -0.1) is 0 Å². The van der Waals surface area contributed by atoms with Crippen LogP contribution in [0.3, 0.4) is 0 Å². The van der Waals surface area contributed by atoms with Crippen LogP contribution >= 0.6 is 27.7 Å². The van der Waals surface area contributed by atoms with Crippen LogP contribution in [0.2, 0.25) is 0 Å². The van der Waals surface area contributed by atoms with Crippen molar-refractivity contribution in [3.05, 3.63) is 28.6 Å². The lowest BCUT2D eigenvalue weighted by atomic mass is 10.0. The zero-order chi connectivity index (χ0) is 11.7. The molecule has 17 heavy (non-hydrogen) atoms. The van der Waals surface area contributed by atoms with Crippen LogP contribution in [0.1, 0.15) is 18.7 Å². The summed E-state index contributed by atoms with van der Waals surface area (Å²) in [5.74, 6) is 4.33. The zero-order valence-electron chi connectivity index (χ0n) is 9.47. The second-order valence-corrected chi connectivity index (χ2v) is 6.53. The van der Waals surface area contributed by atoms with Gasteiger partial charge in [-0.3, -0.25) is 0 Å². The Labute approximate surface area is 113 Å². The molecule has 0 radical (unpaired) electrons. The van der Waals surface area contributed by atoms with E-state index in [0.29, 0.717) is 0 Å². The Kier molecular flexibility index (Phi) is 3.38. The van der Waals surface area contributed by atoms with Crippen LogP contribution in [-0.2, 0) is 6.42 Å². The molecule has 5 heteroatoms. The molecule has 0 amide bonds. The van der Waals surface area contributed by atoms with E-state index in [2.05, 4.69) is 37.8 Å². The Bertz CT molecular complexity index is 519. The van der Waals surface area contributed by atoms with Gasteiger partial charge in [0.15, 0.2) is 11.5 Å². The van der Waals surface area contributed by atoms with Crippen LogP contribution in [-0.4, -0.2) is 26.1 Å². The van der Waals surface area contributed by atoms with Crippen LogP contribution in [0.15, 0.2) is 22.8 Å². The quantitative estimate of drug-likeness (QED) is 0.853. The Morgan fingerprint density at radius 2 is 2.41 bits per heavy atom. The highest BCUT2D eigenvalue weighted by atomic mass is 79.9. The Morgan fingerprint density at radius 1 is 1.47 bits per heavy atom. The van der Waals surface area contributed by atoms with Gasteiger partial charge in [0.1, 0.15) is 0 Å². The summed E-state index contributed by atoms with van der Waals surface area (Å²) in [5.41, 5.74) is 0.937. The number of hydrogen-bond donors (Lipinski definition) is 0. The summed E-state index contributed by atoms with van der Waals surface area (Å²) in [5, 5.41) is 4.53. The molecule has 0 bridgehead atoms. The summed E-state index contributed by atoms with van der Waals surface area (Å²) in [6.45, 7) is 0. The molecular weight excluding hydrogens is 298 g/mol. The predicted molar refractivity (Wildman–Crippen MR) is 74.4 cm³/mol. The van der Waals surface area contributed by atoms with E-state index in [-0.39, 0.29) is 0 Å². The molecule has 3 heterocycles. The normalized spacial score (nSPS) is 20.9. The second-order valence-electron chi connectivity index (χ2n) is 4.47. The second kappa shape index (κ2) is 4.98. The first kappa shape index (κ1) is 11.5. The van der Waals surface area contributed by atoms with Crippen molar-refractivity contribution in [3.63, 3.8) is 0 Å². The number of fused-ring (bicyclic) bond motifs is 1. The van der Waals surface area contributed by atoms with E-state index in [1.165, 1.54) is 24.3 Å². The Morgan fingerprint density at radius 3 is 3.24 bits per heavy atom. The minimum Gasteiger partial charge on any atom is -0.220 e. The molecule has 1 unspecified atom stereocenters. The number of thioether (sulfide) groups is 1. The van der Waals surface area contributed by atoms with E-state index in [4.69, 9.17) is 0 Å². The lowest BCUT2D eigenvalue weighted by Gasteiger charge is -2.19. The molecular formula is C12H14BrN3S. The minimum absolute atomic E-state index is 0.759. The Hall–Kier alpha value is -0.550. The smallest absolute Gasteiger partial charge is 0.155 e. The molecule has 1 saturated heterocycles. The van der Waals surface area contributed by atoms with Gasteiger partial charge in [-0.05, 0) is 58.3 Å².